The quantitative estimate of drug-likeness (QED) is 0.573. The maximum atomic E-state index is 12.7. The molecule has 1 aromatic rings. The van der Waals surface area contributed by atoms with Gasteiger partial charge in [0.1, 0.15) is 0 Å². The van der Waals surface area contributed by atoms with Gasteiger partial charge in [-0.15, -0.1) is 0 Å². The number of benzene rings is 1. The van der Waals surface area contributed by atoms with Gasteiger partial charge >= 0.3 is 0 Å². The van der Waals surface area contributed by atoms with Crippen molar-refractivity contribution in [2.45, 2.75) is 11.3 Å². The monoisotopic (exact) mass is 410 g/mol. The first-order valence-electron chi connectivity index (χ1n) is 9.42. The molecule has 0 aromatic heterocycles. The summed E-state index contributed by atoms with van der Waals surface area (Å²) in [6.07, 6.45) is 0.812. The molecule has 0 atom stereocenters. The standard InChI is InChI=1S/C18H26N4O5S/c23-17-14-22(8-6-19-17)28(25,26)16-4-1-3-15(13-16)18(24)20-5-2-7-21-9-11-27-12-10-21/h1,3-4,13H,2,5-12,14H2,(H,19,23)(H,20,24). The number of nitrogens with one attached hydrogen (secondary N) is 2. The Labute approximate surface area is 165 Å². The fourth-order valence-corrected chi connectivity index (χ4v) is 4.64. The molecular weight excluding hydrogens is 384 g/mol. The first-order chi connectivity index (χ1) is 13.5. The lowest BCUT2D eigenvalue weighted by Gasteiger charge is -2.26. The van der Waals surface area contributed by atoms with Crippen molar-refractivity contribution in [1.82, 2.24) is 19.8 Å². The average molecular weight is 410 g/mol. The molecule has 2 aliphatic rings. The molecule has 2 heterocycles. The minimum atomic E-state index is -3.82. The van der Waals surface area contributed by atoms with Crippen LogP contribution in [0.3, 0.4) is 0 Å². The molecule has 2 aliphatic heterocycles. The van der Waals surface area contributed by atoms with Gasteiger partial charge in [-0.05, 0) is 31.2 Å². The lowest BCUT2D eigenvalue weighted by molar-refractivity contribution is -0.122. The Bertz CT molecular complexity index is 808. The van der Waals surface area contributed by atoms with Gasteiger partial charge in [-0.2, -0.15) is 4.31 Å². The highest BCUT2D eigenvalue weighted by atomic mass is 32.2. The van der Waals surface area contributed by atoms with Crippen molar-refractivity contribution in [1.29, 1.82) is 0 Å². The zero-order valence-corrected chi connectivity index (χ0v) is 16.5. The normalized spacial score (nSPS) is 19.2. The molecule has 1 aromatic carbocycles. The van der Waals surface area contributed by atoms with E-state index >= 15 is 0 Å². The second-order valence-electron chi connectivity index (χ2n) is 6.78. The third-order valence-corrected chi connectivity index (χ3v) is 6.62. The zero-order chi connectivity index (χ0) is 20.0. The van der Waals surface area contributed by atoms with Crippen molar-refractivity contribution >= 4 is 21.8 Å². The topological polar surface area (TPSA) is 108 Å². The van der Waals surface area contributed by atoms with E-state index < -0.39 is 10.0 Å². The largest absolute Gasteiger partial charge is 0.379 e. The lowest BCUT2D eigenvalue weighted by Crippen LogP contribution is -2.49. The number of carbonyl (C=O) groups excluding carboxylic acids is 2. The van der Waals surface area contributed by atoms with E-state index in [9.17, 15) is 18.0 Å². The molecule has 3 rings (SSSR count). The van der Waals surface area contributed by atoms with E-state index in [1.54, 1.807) is 12.1 Å². The maximum absolute atomic E-state index is 12.7. The van der Waals surface area contributed by atoms with Crippen LogP contribution in [0.2, 0.25) is 0 Å². The van der Waals surface area contributed by atoms with E-state index in [1.807, 2.05) is 0 Å². The SMILES string of the molecule is O=C1CN(S(=O)(=O)c2cccc(C(=O)NCCCN3CCOCC3)c2)CCN1. The summed E-state index contributed by atoms with van der Waals surface area (Å²) in [5.41, 5.74) is 0.286. The zero-order valence-electron chi connectivity index (χ0n) is 15.7. The summed E-state index contributed by atoms with van der Waals surface area (Å²) >= 11 is 0. The van der Waals surface area contributed by atoms with E-state index in [4.69, 9.17) is 4.74 Å². The highest BCUT2D eigenvalue weighted by Gasteiger charge is 2.29. The molecule has 0 bridgehead atoms. The van der Waals surface area contributed by atoms with Crippen LogP contribution in [-0.4, -0.2) is 88.5 Å². The van der Waals surface area contributed by atoms with Crippen LogP contribution in [0.1, 0.15) is 16.8 Å². The summed E-state index contributed by atoms with van der Waals surface area (Å²) in [6, 6.07) is 5.93. The molecule has 0 spiro atoms. The fourth-order valence-electron chi connectivity index (χ4n) is 3.20. The number of carbonyl (C=O) groups is 2. The van der Waals surface area contributed by atoms with Gasteiger partial charge in [-0.25, -0.2) is 8.42 Å². The Morgan fingerprint density at radius 3 is 2.75 bits per heavy atom. The van der Waals surface area contributed by atoms with Gasteiger partial charge in [-0.3, -0.25) is 14.5 Å². The molecule has 9 nitrogen and oxygen atoms in total. The fraction of sp³-hybridized carbons (Fsp3) is 0.556. The molecule has 0 saturated carbocycles. The molecule has 2 saturated heterocycles. The van der Waals surface area contributed by atoms with Gasteiger partial charge in [0.25, 0.3) is 5.91 Å². The van der Waals surface area contributed by atoms with Gasteiger partial charge in [0.2, 0.25) is 15.9 Å². The van der Waals surface area contributed by atoms with Crippen molar-refractivity contribution in [2.24, 2.45) is 0 Å². The van der Waals surface area contributed by atoms with Crippen LogP contribution in [0.4, 0.5) is 0 Å². The highest BCUT2D eigenvalue weighted by Crippen LogP contribution is 2.18. The Morgan fingerprint density at radius 1 is 1.21 bits per heavy atom. The third kappa shape index (κ3) is 5.28. The van der Waals surface area contributed by atoms with E-state index in [0.29, 0.717) is 6.54 Å². The summed E-state index contributed by atoms with van der Waals surface area (Å²) in [5, 5.41) is 5.43. The Balaban J connectivity index is 1.56. The molecule has 0 unspecified atom stereocenters. The highest BCUT2D eigenvalue weighted by molar-refractivity contribution is 7.89. The first kappa shape index (κ1) is 20.7. The van der Waals surface area contributed by atoms with Crippen LogP contribution in [0.5, 0.6) is 0 Å². The van der Waals surface area contributed by atoms with Crippen molar-refractivity contribution in [3.8, 4) is 0 Å². The number of piperazine rings is 1. The molecule has 154 valence electrons. The summed E-state index contributed by atoms with van der Waals surface area (Å²) < 4.78 is 31.9. The van der Waals surface area contributed by atoms with Crippen LogP contribution < -0.4 is 10.6 Å². The van der Waals surface area contributed by atoms with E-state index in [0.717, 1.165) is 43.6 Å². The van der Waals surface area contributed by atoms with Crippen LogP contribution in [0.15, 0.2) is 29.2 Å². The van der Waals surface area contributed by atoms with E-state index in [-0.39, 0.29) is 41.9 Å². The minimum absolute atomic E-state index is 0.0168. The molecule has 0 aliphatic carbocycles. The molecular formula is C18H26N4O5S. The average Bonchev–Trinajstić information content (AvgIpc) is 2.72. The van der Waals surface area contributed by atoms with Crippen molar-refractivity contribution in [2.75, 3.05) is 59.0 Å². The van der Waals surface area contributed by atoms with E-state index in [2.05, 4.69) is 15.5 Å². The van der Waals surface area contributed by atoms with Crippen LogP contribution in [-0.2, 0) is 19.6 Å². The number of amides is 2. The van der Waals surface area contributed by atoms with Crippen molar-refractivity contribution in [3.63, 3.8) is 0 Å². The van der Waals surface area contributed by atoms with E-state index in [1.165, 1.54) is 12.1 Å². The van der Waals surface area contributed by atoms with Crippen LogP contribution in [0, 0.1) is 0 Å². The molecule has 0 radical (unpaired) electrons. The second-order valence-corrected chi connectivity index (χ2v) is 8.72. The number of rotatable bonds is 7. The molecule has 28 heavy (non-hydrogen) atoms. The Morgan fingerprint density at radius 2 is 2.00 bits per heavy atom. The van der Waals surface area contributed by atoms with Crippen LogP contribution in [0.25, 0.3) is 0 Å². The maximum Gasteiger partial charge on any atom is 0.251 e. The predicted octanol–water partition coefficient (Wildman–Crippen LogP) is -0.741. The Hall–Kier alpha value is -2.01. The number of morpholine rings is 1. The number of hydrogen-bond acceptors (Lipinski definition) is 6. The number of sulfonamides is 1. The second kappa shape index (κ2) is 9.46. The van der Waals surface area contributed by atoms with Gasteiger partial charge < -0.3 is 15.4 Å². The van der Waals surface area contributed by atoms with Gasteiger partial charge in [0.05, 0.1) is 24.7 Å². The molecule has 2 fully saturated rings. The van der Waals surface area contributed by atoms with Crippen molar-refractivity contribution in [3.05, 3.63) is 29.8 Å². The molecule has 2 N–H and O–H groups in total. The number of hydrogen-bond donors (Lipinski definition) is 2. The number of ether oxygens (including phenoxy) is 1. The lowest BCUT2D eigenvalue weighted by atomic mass is 10.2. The summed E-state index contributed by atoms with van der Waals surface area (Å²) in [7, 11) is -3.82. The smallest absolute Gasteiger partial charge is 0.251 e. The third-order valence-electron chi connectivity index (χ3n) is 4.78. The summed E-state index contributed by atoms with van der Waals surface area (Å²) in [6.45, 7) is 4.98. The number of nitrogens with zero attached hydrogens (tertiary/aromatic N) is 2. The first-order valence-corrected chi connectivity index (χ1v) is 10.9. The van der Waals surface area contributed by atoms with Gasteiger partial charge in [-0.1, -0.05) is 6.07 Å². The minimum Gasteiger partial charge on any atom is -0.379 e. The molecule has 10 heteroatoms. The van der Waals surface area contributed by atoms with Crippen LogP contribution >= 0.6 is 0 Å². The summed E-state index contributed by atoms with van der Waals surface area (Å²) in [4.78, 5) is 26.2. The van der Waals surface area contributed by atoms with Gasteiger partial charge in [0, 0.05) is 38.3 Å². The molecule has 2 amide bonds. The summed E-state index contributed by atoms with van der Waals surface area (Å²) in [5.74, 6) is -0.639. The van der Waals surface area contributed by atoms with Crippen molar-refractivity contribution < 1.29 is 22.7 Å². The Kier molecular flexibility index (Phi) is 7.00. The van der Waals surface area contributed by atoms with Gasteiger partial charge in [0.15, 0.2) is 0 Å². The predicted molar refractivity (Wildman–Crippen MR) is 102 cm³/mol.